The van der Waals surface area contributed by atoms with Crippen LogP contribution in [0.15, 0.2) is 29.6 Å². The van der Waals surface area contributed by atoms with Crippen LogP contribution in [0, 0.1) is 6.92 Å². The molecule has 0 saturated carbocycles. The Morgan fingerprint density at radius 1 is 1.38 bits per heavy atom. The van der Waals surface area contributed by atoms with Gasteiger partial charge in [-0.3, -0.25) is 4.84 Å². The molecule has 0 radical (unpaired) electrons. The molecule has 1 heterocycles. The molecule has 21 heavy (non-hydrogen) atoms. The fraction of sp³-hybridized carbons (Fsp3) is 0.286. The van der Waals surface area contributed by atoms with Crippen molar-refractivity contribution in [1.82, 2.24) is 10.0 Å². The summed E-state index contributed by atoms with van der Waals surface area (Å²) in [5.41, 5.74) is 1.58. The maximum absolute atomic E-state index is 11.6. The molecule has 1 aromatic heterocycles. The summed E-state index contributed by atoms with van der Waals surface area (Å²) in [7, 11) is 2.96. The molecular formula is C14H17N3O3S. The number of carbonyl (C=O) groups excluding carboxylic acids is 1. The Bertz CT molecular complexity index is 598. The Morgan fingerprint density at radius 2 is 2.10 bits per heavy atom. The first-order valence-electron chi connectivity index (χ1n) is 6.31. The first-order valence-corrected chi connectivity index (χ1v) is 7.19. The van der Waals surface area contributed by atoms with Gasteiger partial charge in [0.2, 0.25) is 0 Å². The SMILES string of the molecule is CON(C)C(=O)Nc1ccc(OCc2csc(C)n2)cc1. The van der Waals surface area contributed by atoms with Gasteiger partial charge in [-0.25, -0.2) is 14.8 Å². The van der Waals surface area contributed by atoms with Gasteiger partial charge in [0, 0.05) is 18.1 Å². The highest BCUT2D eigenvalue weighted by Crippen LogP contribution is 2.18. The maximum Gasteiger partial charge on any atom is 0.345 e. The highest BCUT2D eigenvalue weighted by atomic mass is 32.1. The summed E-state index contributed by atoms with van der Waals surface area (Å²) in [6.45, 7) is 2.39. The van der Waals surface area contributed by atoms with Crippen LogP contribution >= 0.6 is 11.3 Å². The molecule has 2 aromatic rings. The molecule has 0 saturated heterocycles. The maximum atomic E-state index is 11.6. The average Bonchev–Trinajstić information content (AvgIpc) is 2.91. The normalized spacial score (nSPS) is 10.2. The lowest BCUT2D eigenvalue weighted by molar-refractivity contribution is -0.0598. The topological polar surface area (TPSA) is 63.7 Å². The van der Waals surface area contributed by atoms with Crippen LogP contribution in [0.4, 0.5) is 10.5 Å². The molecule has 0 aliphatic carbocycles. The summed E-state index contributed by atoms with van der Waals surface area (Å²) in [5, 5.41) is 6.80. The van der Waals surface area contributed by atoms with Gasteiger partial charge < -0.3 is 10.1 Å². The third-order valence-electron chi connectivity index (χ3n) is 2.72. The first-order chi connectivity index (χ1) is 10.1. The van der Waals surface area contributed by atoms with E-state index in [0.717, 1.165) is 21.5 Å². The molecule has 0 atom stereocenters. The summed E-state index contributed by atoms with van der Waals surface area (Å²) in [4.78, 5) is 20.7. The van der Waals surface area contributed by atoms with E-state index in [0.29, 0.717) is 12.3 Å². The summed E-state index contributed by atoms with van der Waals surface area (Å²) in [6.07, 6.45) is 0. The van der Waals surface area contributed by atoms with E-state index in [1.165, 1.54) is 14.2 Å². The number of hydroxylamine groups is 2. The molecule has 0 bridgehead atoms. The van der Waals surface area contributed by atoms with E-state index in [-0.39, 0.29) is 6.03 Å². The largest absolute Gasteiger partial charge is 0.487 e. The quantitative estimate of drug-likeness (QED) is 0.862. The Labute approximate surface area is 127 Å². The molecule has 0 fully saturated rings. The van der Waals surface area contributed by atoms with E-state index in [4.69, 9.17) is 9.57 Å². The predicted molar refractivity (Wildman–Crippen MR) is 81.4 cm³/mol. The van der Waals surface area contributed by atoms with E-state index in [9.17, 15) is 4.79 Å². The lowest BCUT2D eigenvalue weighted by atomic mass is 10.3. The van der Waals surface area contributed by atoms with E-state index >= 15 is 0 Å². The molecule has 2 amide bonds. The first kappa shape index (κ1) is 15.3. The molecule has 112 valence electrons. The van der Waals surface area contributed by atoms with Gasteiger partial charge in [0.05, 0.1) is 17.8 Å². The second-order valence-electron chi connectivity index (χ2n) is 4.28. The Hall–Kier alpha value is -2.12. The average molecular weight is 307 g/mol. The fourth-order valence-electron chi connectivity index (χ4n) is 1.55. The molecule has 0 aliphatic heterocycles. The number of aromatic nitrogens is 1. The van der Waals surface area contributed by atoms with Gasteiger partial charge in [-0.05, 0) is 31.2 Å². The number of amides is 2. The summed E-state index contributed by atoms with van der Waals surface area (Å²) >= 11 is 1.60. The van der Waals surface area contributed by atoms with Crippen molar-refractivity contribution in [2.75, 3.05) is 19.5 Å². The van der Waals surface area contributed by atoms with Crippen molar-refractivity contribution >= 4 is 23.1 Å². The van der Waals surface area contributed by atoms with Crippen molar-refractivity contribution in [3.8, 4) is 5.75 Å². The summed E-state index contributed by atoms with van der Waals surface area (Å²) < 4.78 is 5.63. The zero-order valence-corrected chi connectivity index (χ0v) is 12.9. The number of anilines is 1. The molecule has 1 aromatic carbocycles. The monoisotopic (exact) mass is 307 g/mol. The number of thiazole rings is 1. The number of aryl methyl sites for hydroxylation is 1. The summed E-state index contributed by atoms with van der Waals surface area (Å²) in [6, 6.07) is 6.78. The molecular weight excluding hydrogens is 290 g/mol. The molecule has 2 rings (SSSR count). The smallest absolute Gasteiger partial charge is 0.345 e. The van der Waals surface area contributed by atoms with Crippen molar-refractivity contribution in [3.63, 3.8) is 0 Å². The highest BCUT2D eigenvalue weighted by molar-refractivity contribution is 7.09. The van der Waals surface area contributed by atoms with Crippen LogP contribution in [0.2, 0.25) is 0 Å². The molecule has 0 unspecified atom stereocenters. The minimum Gasteiger partial charge on any atom is -0.487 e. The van der Waals surface area contributed by atoms with Crippen molar-refractivity contribution in [3.05, 3.63) is 40.3 Å². The number of hydrogen-bond donors (Lipinski definition) is 1. The minimum atomic E-state index is -0.343. The number of urea groups is 1. The second kappa shape index (κ2) is 7.05. The Kier molecular flexibility index (Phi) is 5.13. The Morgan fingerprint density at radius 3 is 2.67 bits per heavy atom. The highest BCUT2D eigenvalue weighted by Gasteiger charge is 2.07. The van der Waals surface area contributed by atoms with E-state index in [1.54, 1.807) is 35.6 Å². The Balaban J connectivity index is 1.88. The molecule has 0 spiro atoms. The number of carbonyl (C=O) groups is 1. The zero-order valence-electron chi connectivity index (χ0n) is 12.1. The molecule has 1 N–H and O–H groups in total. The van der Waals surface area contributed by atoms with Crippen LogP contribution in [-0.4, -0.2) is 30.2 Å². The van der Waals surface area contributed by atoms with Gasteiger partial charge in [-0.1, -0.05) is 0 Å². The van der Waals surface area contributed by atoms with E-state index in [2.05, 4.69) is 10.3 Å². The van der Waals surface area contributed by atoms with E-state index < -0.39 is 0 Å². The third kappa shape index (κ3) is 4.44. The zero-order chi connectivity index (χ0) is 15.2. The van der Waals surface area contributed by atoms with Crippen LogP contribution in [-0.2, 0) is 11.4 Å². The lowest BCUT2D eigenvalue weighted by Crippen LogP contribution is -2.30. The van der Waals surface area contributed by atoms with Crippen LogP contribution in [0.5, 0.6) is 5.75 Å². The molecule has 0 aliphatic rings. The number of ether oxygens (including phenoxy) is 1. The van der Waals surface area contributed by atoms with Crippen LogP contribution in [0.3, 0.4) is 0 Å². The number of hydrogen-bond acceptors (Lipinski definition) is 5. The fourth-order valence-corrected chi connectivity index (χ4v) is 2.15. The van der Waals surface area contributed by atoms with Crippen molar-refractivity contribution in [1.29, 1.82) is 0 Å². The van der Waals surface area contributed by atoms with Crippen molar-refractivity contribution in [2.45, 2.75) is 13.5 Å². The predicted octanol–water partition coefficient (Wildman–Crippen LogP) is 3.06. The third-order valence-corrected chi connectivity index (χ3v) is 3.54. The molecule has 6 nitrogen and oxygen atoms in total. The molecule has 7 heteroatoms. The number of nitrogens with one attached hydrogen (secondary N) is 1. The van der Waals surface area contributed by atoms with Crippen molar-refractivity contribution < 1.29 is 14.4 Å². The van der Waals surface area contributed by atoms with Gasteiger partial charge in [-0.15, -0.1) is 11.3 Å². The number of nitrogens with zero attached hydrogens (tertiary/aromatic N) is 2. The number of rotatable bonds is 5. The number of benzene rings is 1. The van der Waals surface area contributed by atoms with Gasteiger partial charge >= 0.3 is 6.03 Å². The van der Waals surface area contributed by atoms with Gasteiger partial charge in [0.1, 0.15) is 12.4 Å². The van der Waals surface area contributed by atoms with Gasteiger partial charge in [-0.2, -0.15) is 0 Å². The lowest BCUT2D eigenvalue weighted by Gasteiger charge is -2.14. The standard InChI is InChI=1S/C14H17N3O3S/c1-10-15-12(9-21-10)8-20-13-6-4-11(5-7-13)16-14(18)17(2)19-3/h4-7,9H,8H2,1-3H3,(H,16,18). The van der Waals surface area contributed by atoms with Crippen LogP contribution < -0.4 is 10.1 Å². The van der Waals surface area contributed by atoms with Crippen LogP contribution in [0.25, 0.3) is 0 Å². The summed E-state index contributed by atoms with van der Waals surface area (Å²) in [5.74, 6) is 0.721. The van der Waals surface area contributed by atoms with Crippen LogP contribution in [0.1, 0.15) is 10.7 Å². The van der Waals surface area contributed by atoms with Crippen molar-refractivity contribution in [2.24, 2.45) is 0 Å². The van der Waals surface area contributed by atoms with Gasteiger partial charge in [0.25, 0.3) is 0 Å². The minimum absolute atomic E-state index is 0.343. The van der Waals surface area contributed by atoms with E-state index in [1.807, 2.05) is 12.3 Å². The second-order valence-corrected chi connectivity index (χ2v) is 5.34. The van der Waals surface area contributed by atoms with Gasteiger partial charge in [0.15, 0.2) is 0 Å².